The zero-order valence-electron chi connectivity index (χ0n) is 12.5. The predicted molar refractivity (Wildman–Crippen MR) is 78.5 cm³/mol. The van der Waals surface area contributed by atoms with Gasteiger partial charge in [0, 0.05) is 27.1 Å². The third-order valence-electron chi connectivity index (χ3n) is 3.74. The Morgan fingerprint density at radius 1 is 1.60 bits per heavy atom. The van der Waals surface area contributed by atoms with Crippen molar-refractivity contribution in [1.29, 1.82) is 0 Å². The number of hydrogen-bond acceptors (Lipinski definition) is 4. The third-order valence-corrected chi connectivity index (χ3v) is 3.74. The maximum Gasteiger partial charge on any atom is 0.161 e. The summed E-state index contributed by atoms with van der Waals surface area (Å²) < 4.78 is 11.1. The van der Waals surface area contributed by atoms with Crippen LogP contribution in [0, 0.1) is 0 Å². The van der Waals surface area contributed by atoms with Crippen molar-refractivity contribution in [2.45, 2.75) is 37.9 Å². The molecule has 0 amide bonds. The molecule has 0 aromatic carbocycles. The van der Waals surface area contributed by atoms with Gasteiger partial charge in [-0.3, -0.25) is 4.79 Å². The van der Waals surface area contributed by atoms with Crippen LogP contribution >= 0.6 is 0 Å². The molecule has 1 unspecified atom stereocenters. The molecule has 1 aliphatic rings. The van der Waals surface area contributed by atoms with Crippen molar-refractivity contribution in [2.75, 3.05) is 20.8 Å². The van der Waals surface area contributed by atoms with Gasteiger partial charge in [0.2, 0.25) is 0 Å². The summed E-state index contributed by atoms with van der Waals surface area (Å²) in [6.45, 7) is 5.55. The second-order valence-corrected chi connectivity index (χ2v) is 5.09. The average Bonchev–Trinajstić information content (AvgIpc) is 2.47. The lowest BCUT2D eigenvalue weighted by Crippen LogP contribution is -2.48. The van der Waals surface area contributed by atoms with E-state index in [2.05, 4.69) is 6.58 Å². The second-order valence-electron chi connectivity index (χ2n) is 5.09. The molecule has 112 valence electrons. The van der Waals surface area contributed by atoms with Gasteiger partial charge in [0.25, 0.3) is 0 Å². The largest absolute Gasteiger partial charge is 0.392 e. The summed E-state index contributed by atoms with van der Waals surface area (Å²) in [5.74, 6) is 0.0762. The Hall–Kier alpha value is -1.23. The lowest BCUT2D eigenvalue weighted by Gasteiger charge is -2.39. The highest BCUT2D eigenvalue weighted by atomic mass is 16.5. The van der Waals surface area contributed by atoms with Crippen molar-refractivity contribution in [3.8, 4) is 0 Å². The normalized spacial score (nSPS) is 27.4. The minimum atomic E-state index is -0.669. The van der Waals surface area contributed by atoms with Crippen LogP contribution in [-0.4, -0.2) is 43.4 Å². The molecular weight excluding hydrogens is 256 g/mol. The van der Waals surface area contributed by atoms with E-state index in [1.54, 1.807) is 20.3 Å². The van der Waals surface area contributed by atoms with E-state index < -0.39 is 5.60 Å². The molecule has 0 aliphatic heterocycles. The first kappa shape index (κ1) is 16.8. The van der Waals surface area contributed by atoms with E-state index in [-0.39, 0.29) is 18.5 Å². The number of aliphatic hydroxyl groups is 1. The van der Waals surface area contributed by atoms with Crippen LogP contribution in [0.5, 0.6) is 0 Å². The second kappa shape index (κ2) is 7.53. The Kier molecular flexibility index (Phi) is 6.33. The Labute approximate surface area is 120 Å². The van der Waals surface area contributed by atoms with Crippen LogP contribution in [0.4, 0.5) is 0 Å². The minimum absolute atomic E-state index is 0.0135. The smallest absolute Gasteiger partial charge is 0.161 e. The van der Waals surface area contributed by atoms with E-state index in [4.69, 9.17) is 14.6 Å². The van der Waals surface area contributed by atoms with Crippen LogP contribution in [0.25, 0.3) is 0 Å². The Balaban J connectivity index is 3.14. The number of Topliss-reactive ketones (excluding diaryl/α,β-unsaturated/α-hetero) is 1. The zero-order valence-corrected chi connectivity index (χ0v) is 12.5. The molecular formula is C16H24O4. The summed E-state index contributed by atoms with van der Waals surface area (Å²) in [6, 6.07) is 0. The van der Waals surface area contributed by atoms with Crippen molar-refractivity contribution >= 4 is 5.78 Å². The number of aliphatic hydroxyl groups excluding tert-OH is 1. The lowest BCUT2D eigenvalue weighted by atomic mass is 9.79. The predicted octanol–water partition coefficient (Wildman–Crippen LogP) is 2.19. The molecule has 20 heavy (non-hydrogen) atoms. The van der Waals surface area contributed by atoms with Crippen LogP contribution in [0.2, 0.25) is 0 Å². The van der Waals surface area contributed by atoms with Gasteiger partial charge in [0.15, 0.2) is 5.78 Å². The Morgan fingerprint density at radius 3 is 2.80 bits per heavy atom. The van der Waals surface area contributed by atoms with Gasteiger partial charge in [0.05, 0.1) is 12.7 Å². The fourth-order valence-corrected chi connectivity index (χ4v) is 2.41. The molecule has 1 aliphatic carbocycles. The number of carbonyl (C=O) groups is 1. The molecule has 0 radical (unpaired) electrons. The first-order chi connectivity index (χ1) is 9.52. The lowest BCUT2D eigenvalue weighted by molar-refractivity contribution is -0.130. The Morgan fingerprint density at radius 2 is 2.30 bits per heavy atom. The number of ether oxygens (including phenoxy) is 2. The van der Waals surface area contributed by atoms with Crippen LogP contribution in [0.1, 0.15) is 26.2 Å². The van der Waals surface area contributed by atoms with Gasteiger partial charge in [-0.2, -0.15) is 0 Å². The van der Waals surface area contributed by atoms with E-state index in [1.165, 1.54) is 0 Å². The first-order valence-electron chi connectivity index (χ1n) is 6.73. The van der Waals surface area contributed by atoms with Crippen molar-refractivity contribution < 1.29 is 19.4 Å². The monoisotopic (exact) mass is 280 g/mol. The molecule has 4 heteroatoms. The standard InChI is InChI=1S/C16H24O4/c1-5-6-13-10-16(20-4,8-7-12(2)11-17)15(19-3)9-14(13)18/h5,7,10,15,17H,1,6,8-9,11H2,2-4H3/b12-7+/t15?,16-/m0/s1. The highest BCUT2D eigenvalue weighted by Crippen LogP contribution is 2.34. The third kappa shape index (κ3) is 3.66. The number of allylic oxidation sites excluding steroid dienone is 2. The van der Waals surface area contributed by atoms with Crippen LogP contribution < -0.4 is 0 Å². The molecule has 0 spiro atoms. The molecule has 0 heterocycles. The maximum absolute atomic E-state index is 12.0. The maximum atomic E-state index is 12.0. The quantitative estimate of drug-likeness (QED) is 0.726. The summed E-state index contributed by atoms with van der Waals surface area (Å²) >= 11 is 0. The van der Waals surface area contributed by atoms with Crippen LogP contribution in [0.15, 0.2) is 36.0 Å². The summed E-state index contributed by atoms with van der Waals surface area (Å²) in [5, 5.41) is 9.10. The van der Waals surface area contributed by atoms with Crippen molar-refractivity contribution in [2.24, 2.45) is 0 Å². The van der Waals surface area contributed by atoms with E-state index in [9.17, 15) is 4.79 Å². The minimum Gasteiger partial charge on any atom is -0.392 e. The van der Waals surface area contributed by atoms with E-state index >= 15 is 0 Å². The molecule has 0 aromatic rings. The van der Waals surface area contributed by atoms with Gasteiger partial charge in [-0.15, -0.1) is 6.58 Å². The van der Waals surface area contributed by atoms with Crippen molar-refractivity contribution in [1.82, 2.24) is 0 Å². The fourth-order valence-electron chi connectivity index (χ4n) is 2.41. The average molecular weight is 280 g/mol. The highest BCUT2D eigenvalue weighted by Gasteiger charge is 2.42. The topological polar surface area (TPSA) is 55.8 Å². The van der Waals surface area contributed by atoms with Crippen molar-refractivity contribution in [3.63, 3.8) is 0 Å². The molecule has 1 rings (SSSR count). The summed E-state index contributed by atoms with van der Waals surface area (Å²) in [6.07, 6.45) is 6.56. The summed E-state index contributed by atoms with van der Waals surface area (Å²) in [7, 11) is 3.20. The molecule has 0 saturated carbocycles. The molecule has 4 nitrogen and oxygen atoms in total. The molecule has 0 aromatic heterocycles. The molecule has 1 N–H and O–H groups in total. The van der Waals surface area contributed by atoms with E-state index in [0.29, 0.717) is 24.8 Å². The van der Waals surface area contributed by atoms with Gasteiger partial charge < -0.3 is 14.6 Å². The molecule has 0 saturated heterocycles. The number of rotatable bonds is 7. The van der Waals surface area contributed by atoms with E-state index in [1.807, 2.05) is 19.1 Å². The number of carbonyl (C=O) groups excluding carboxylic acids is 1. The van der Waals surface area contributed by atoms with E-state index in [0.717, 1.165) is 5.57 Å². The Bertz CT molecular complexity index is 422. The SMILES string of the molecule is C=CCC1=C[C@](C/C=C(\C)CO)(OC)C(OC)CC1=O. The van der Waals surface area contributed by atoms with Gasteiger partial charge in [-0.05, 0) is 25.0 Å². The molecule has 0 bridgehead atoms. The van der Waals surface area contributed by atoms with Gasteiger partial charge in [-0.1, -0.05) is 17.7 Å². The van der Waals surface area contributed by atoms with Crippen LogP contribution in [0.3, 0.4) is 0 Å². The zero-order chi connectivity index (χ0) is 15.2. The first-order valence-corrected chi connectivity index (χ1v) is 6.73. The van der Waals surface area contributed by atoms with Crippen LogP contribution in [-0.2, 0) is 14.3 Å². The fraction of sp³-hybridized carbons (Fsp3) is 0.562. The number of methoxy groups -OCH3 is 2. The summed E-state index contributed by atoms with van der Waals surface area (Å²) in [5.41, 5.74) is 0.911. The molecule has 2 atom stereocenters. The number of ketones is 1. The van der Waals surface area contributed by atoms with Gasteiger partial charge in [0.1, 0.15) is 5.60 Å². The van der Waals surface area contributed by atoms with Crippen molar-refractivity contribution in [3.05, 3.63) is 36.0 Å². The van der Waals surface area contributed by atoms with Gasteiger partial charge in [-0.25, -0.2) is 0 Å². The molecule has 0 fully saturated rings. The highest BCUT2D eigenvalue weighted by molar-refractivity contribution is 5.97. The van der Waals surface area contributed by atoms with Gasteiger partial charge >= 0.3 is 0 Å². The summed E-state index contributed by atoms with van der Waals surface area (Å²) in [4.78, 5) is 12.0. The number of hydrogen-bond donors (Lipinski definition) is 1.